The van der Waals surface area contributed by atoms with Crippen molar-refractivity contribution >= 4 is 17.3 Å². The molecule has 1 aromatic carbocycles. The van der Waals surface area contributed by atoms with Gasteiger partial charge in [-0.25, -0.2) is 4.79 Å². The van der Waals surface area contributed by atoms with Gasteiger partial charge in [0, 0.05) is 0 Å². The second-order valence-electron chi connectivity index (χ2n) is 3.54. The van der Waals surface area contributed by atoms with Crippen molar-refractivity contribution in [3.8, 4) is 5.75 Å². The van der Waals surface area contributed by atoms with E-state index in [0.29, 0.717) is 23.7 Å². The molecule has 0 aliphatic carbocycles. The number of carbonyl (C=O) groups is 1. The van der Waals surface area contributed by atoms with E-state index >= 15 is 0 Å². The molecule has 5 heteroatoms. The summed E-state index contributed by atoms with van der Waals surface area (Å²) in [6, 6.07) is 4.93. The van der Waals surface area contributed by atoms with E-state index in [9.17, 15) is 4.79 Å². The molecule has 0 saturated carbocycles. The largest absolute Gasteiger partial charge is 0.492 e. The number of para-hydroxylation sites is 1. The van der Waals surface area contributed by atoms with Crippen LogP contribution in [0.15, 0.2) is 18.2 Å². The third-order valence-corrected chi connectivity index (χ3v) is 2.29. The molecule has 0 aromatic heterocycles. The molecule has 1 aromatic rings. The zero-order valence-corrected chi connectivity index (χ0v) is 10.3. The Morgan fingerprint density at radius 3 is 2.82 bits per heavy atom. The van der Waals surface area contributed by atoms with Gasteiger partial charge in [-0.05, 0) is 26.0 Å². The third-order valence-electron chi connectivity index (χ3n) is 2.29. The van der Waals surface area contributed by atoms with Gasteiger partial charge in [0.1, 0.15) is 11.8 Å². The lowest BCUT2D eigenvalue weighted by atomic mass is 10.2. The van der Waals surface area contributed by atoms with E-state index in [1.54, 1.807) is 19.1 Å². The van der Waals surface area contributed by atoms with Crippen molar-refractivity contribution in [2.24, 2.45) is 0 Å². The van der Waals surface area contributed by atoms with Gasteiger partial charge in [0.2, 0.25) is 0 Å². The molecule has 1 rings (SSSR count). The van der Waals surface area contributed by atoms with Crippen LogP contribution in [-0.2, 0) is 9.53 Å². The number of rotatable bonds is 5. The summed E-state index contributed by atoms with van der Waals surface area (Å²) in [5, 5.41) is 2.98. The molecule has 17 heavy (non-hydrogen) atoms. The summed E-state index contributed by atoms with van der Waals surface area (Å²) >= 11 is 0. The molecular formula is C12H18N2O3. The highest BCUT2D eigenvalue weighted by Gasteiger charge is 2.14. The number of nitrogens with one attached hydrogen (secondary N) is 1. The average molecular weight is 238 g/mol. The number of ether oxygens (including phenoxy) is 2. The fourth-order valence-corrected chi connectivity index (χ4v) is 1.42. The number of nitrogen functional groups attached to an aromatic ring is 1. The standard InChI is InChI=1S/C12H18N2O3/c1-4-17-10-7-5-6-9(11(10)13)14-8(2)12(15)16-3/h5-8,14H,4,13H2,1-3H3. The van der Waals surface area contributed by atoms with Crippen LogP contribution >= 0.6 is 0 Å². The Labute approximate surface area is 101 Å². The summed E-state index contributed by atoms with van der Waals surface area (Å²) in [7, 11) is 1.35. The van der Waals surface area contributed by atoms with E-state index < -0.39 is 6.04 Å². The van der Waals surface area contributed by atoms with Crippen LogP contribution in [0.1, 0.15) is 13.8 Å². The first-order valence-corrected chi connectivity index (χ1v) is 5.45. The van der Waals surface area contributed by atoms with E-state index in [1.165, 1.54) is 7.11 Å². The van der Waals surface area contributed by atoms with E-state index in [-0.39, 0.29) is 5.97 Å². The number of carbonyl (C=O) groups excluding carboxylic acids is 1. The highest BCUT2D eigenvalue weighted by Crippen LogP contribution is 2.29. The second kappa shape index (κ2) is 5.98. The van der Waals surface area contributed by atoms with E-state index in [1.807, 2.05) is 13.0 Å². The van der Waals surface area contributed by atoms with Gasteiger partial charge >= 0.3 is 5.97 Å². The molecule has 3 N–H and O–H groups in total. The van der Waals surface area contributed by atoms with Gasteiger partial charge in [-0.1, -0.05) is 6.07 Å². The van der Waals surface area contributed by atoms with Gasteiger partial charge in [0.05, 0.1) is 25.1 Å². The van der Waals surface area contributed by atoms with Gasteiger partial charge in [-0.2, -0.15) is 0 Å². The first kappa shape index (κ1) is 13.2. The molecule has 94 valence electrons. The van der Waals surface area contributed by atoms with Crippen molar-refractivity contribution < 1.29 is 14.3 Å². The lowest BCUT2D eigenvalue weighted by molar-refractivity contribution is -0.141. The van der Waals surface area contributed by atoms with Crippen molar-refractivity contribution in [3.63, 3.8) is 0 Å². The number of hydrogen-bond acceptors (Lipinski definition) is 5. The van der Waals surface area contributed by atoms with Crippen LogP contribution in [0.4, 0.5) is 11.4 Å². The summed E-state index contributed by atoms with van der Waals surface area (Å²) in [4.78, 5) is 11.3. The Balaban J connectivity index is 2.84. The fourth-order valence-electron chi connectivity index (χ4n) is 1.42. The van der Waals surface area contributed by atoms with Crippen LogP contribution in [0.2, 0.25) is 0 Å². The Hall–Kier alpha value is -1.91. The van der Waals surface area contributed by atoms with Crippen LogP contribution in [0.5, 0.6) is 5.75 Å². The monoisotopic (exact) mass is 238 g/mol. The number of nitrogens with two attached hydrogens (primary N) is 1. The number of benzene rings is 1. The molecule has 5 nitrogen and oxygen atoms in total. The lowest BCUT2D eigenvalue weighted by Gasteiger charge is -2.16. The van der Waals surface area contributed by atoms with Gasteiger partial charge < -0.3 is 20.5 Å². The van der Waals surface area contributed by atoms with Crippen LogP contribution in [0.3, 0.4) is 0 Å². The lowest BCUT2D eigenvalue weighted by Crippen LogP contribution is -2.27. The normalized spacial score (nSPS) is 11.7. The predicted octanol–water partition coefficient (Wildman–Crippen LogP) is 1.64. The Bertz CT molecular complexity index is 393. The molecule has 0 spiro atoms. The number of anilines is 2. The van der Waals surface area contributed by atoms with Crippen molar-refractivity contribution in [3.05, 3.63) is 18.2 Å². The van der Waals surface area contributed by atoms with Crippen LogP contribution in [0, 0.1) is 0 Å². The number of esters is 1. The summed E-state index contributed by atoms with van der Waals surface area (Å²) < 4.78 is 9.99. The number of hydrogen-bond donors (Lipinski definition) is 2. The van der Waals surface area contributed by atoms with Gasteiger partial charge in [-0.15, -0.1) is 0 Å². The molecule has 0 saturated heterocycles. The minimum absolute atomic E-state index is 0.341. The quantitative estimate of drug-likeness (QED) is 0.602. The smallest absolute Gasteiger partial charge is 0.327 e. The summed E-state index contributed by atoms with van der Waals surface area (Å²) in [5.41, 5.74) is 7.07. The van der Waals surface area contributed by atoms with Crippen LogP contribution in [0.25, 0.3) is 0 Å². The molecule has 0 aliphatic rings. The first-order chi connectivity index (χ1) is 8.10. The third kappa shape index (κ3) is 3.27. The highest BCUT2D eigenvalue weighted by molar-refractivity contribution is 5.82. The molecule has 0 aliphatic heterocycles. The maximum absolute atomic E-state index is 11.3. The molecule has 0 radical (unpaired) electrons. The Morgan fingerprint density at radius 1 is 1.53 bits per heavy atom. The van der Waals surface area contributed by atoms with Crippen molar-refractivity contribution in [2.75, 3.05) is 24.8 Å². The highest BCUT2D eigenvalue weighted by atomic mass is 16.5. The fraction of sp³-hybridized carbons (Fsp3) is 0.417. The molecular weight excluding hydrogens is 220 g/mol. The van der Waals surface area contributed by atoms with Crippen LogP contribution in [-0.4, -0.2) is 25.7 Å². The second-order valence-corrected chi connectivity index (χ2v) is 3.54. The molecule has 0 bridgehead atoms. The number of methoxy groups -OCH3 is 1. The summed E-state index contributed by atoms with van der Waals surface area (Å²) in [5.74, 6) is 0.265. The van der Waals surface area contributed by atoms with Gasteiger partial charge in [-0.3, -0.25) is 0 Å². The van der Waals surface area contributed by atoms with E-state index in [4.69, 9.17) is 10.5 Å². The SMILES string of the molecule is CCOc1cccc(NC(C)C(=O)OC)c1N. The van der Waals surface area contributed by atoms with Gasteiger partial charge in [0.15, 0.2) is 0 Å². The Morgan fingerprint density at radius 2 is 2.24 bits per heavy atom. The summed E-state index contributed by atoms with van der Waals surface area (Å²) in [6.45, 7) is 4.13. The predicted molar refractivity (Wildman–Crippen MR) is 67.1 cm³/mol. The molecule has 0 amide bonds. The van der Waals surface area contributed by atoms with Gasteiger partial charge in [0.25, 0.3) is 0 Å². The van der Waals surface area contributed by atoms with Crippen molar-refractivity contribution in [1.82, 2.24) is 0 Å². The topological polar surface area (TPSA) is 73.6 Å². The molecule has 0 heterocycles. The van der Waals surface area contributed by atoms with Crippen LogP contribution < -0.4 is 15.8 Å². The zero-order valence-electron chi connectivity index (χ0n) is 10.3. The average Bonchev–Trinajstić information content (AvgIpc) is 2.33. The minimum atomic E-state index is -0.459. The molecule has 1 unspecified atom stereocenters. The zero-order chi connectivity index (χ0) is 12.8. The van der Waals surface area contributed by atoms with E-state index in [0.717, 1.165) is 0 Å². The maximum atomic E-state index is 11.3. The Kier molecular flexibility index (Phi) is 4.63. The molecule has 0 fully saturated rings. The maximum Gasteiger partial charge on any atom is 0.327 e. The minimum Gasteiger partial charge on any atom is -0.492 e. The summed E-state index contributed by atoms with van der Waals surface area (Å²) in [6.07, 6.45) is 0. The molecule has 1 atom stereocenters. The van der Waals surface area contributed by atoms with Crippen molar-refractivity contribution in [1.29, 1.82) is 0 Å². The first-order valence-electron chi connectivity index (χ1n) is 5.45. The van der Waals surface area contributed by atoms with Crippen molar-refractivity contribution in [2.45, 2.75) is 19.9 Å². The van der Waals surface area contributed by atoms with E-state index in [2.05, 4.69) is 10.1 Å².